The largest absolute Gasteiger partial charge is 0.293 e. The van der Waals surface area contributed by atoms with Crippen LogP contribution in [0.4, 0.5) is 0 Å². The predicted molar refractivity (Wildman–Crippen MR) is 61.7 cm³/mol. The molecule has 2 nitrogen and oxygen atoms in total. The van der Waals surface area contributed by atoms with Crippen molar-refractivity contribution in [2.75, 3.05) is 5.33 Å². The highest BCUT2D eigenvalue weighted by Crippen LogP contribution is 2.06. The van der Waals surface area contributed by atoms with Crippen LogP contribution in [-0.4, -0.2) is 11.1 Å². The molecule has 0 bridgehead atoms. The smallest absolute Gasteiger partial charge is 0.176 e. The molecule has 0 heterocycles. The van der Waals surface area contributed by atoms with Crippen LogP contribution < -0.4 is 0 Å². The molecule has 0 fully saturated rings. The highest BCUT2D eigenvalue weighted by Gasteiger charge is 2.04. The van der Waals surface area contributed by atoms with Crippen LogP contribution in [0.25, 0.3) is 0 Å². The SMILES string of the molecule is N#CCC(=O)c1cccc(C#CCBr)c1. The zero-order valence-electron chi connectivity index (χ0n) is 7.96. The zero-order valence-corrected chi connectivity index (χ0v) is 9.54. The maximum atomic E-state index is 11.4. The Kier molecular flexibility index (Phi) is 4.60. The quantitative estimate of drug-likeness (QED) is 0.467. The molecule has 0 aliphatic heterocycles. The fourth-order valence-corrected chi connectivity index (χ4v) is 1.22. The number of nitrogens with zero attached hydrogens (tertiary/aromatic N) is 1. The monoisotopic (exact) mass is 261 g/mol. The molecule has 0 unspecified atom stereocenters. The van der Waals surface area contributed by atoms with Crippen molar-refractivity contribution < 1.29 is 4.79 Å². The van der Waals surface area contributed by atoms with Crippen LogP contribution in [0.15, 0.2) is 24.3 Å². The van der Waals surface area contributed by atoms with E-state index in [1.165, 1.54) is 0 Å². The molecular formula is C12H8BrNO. The first-order valence-electron chi connectivity index (χ1n) is 4.33. The summed E-state index contributed by atoms with van der Waals surface area (Å²) in [6.45, 7) is 0. The fraction of sp³-hybridized carbons (Fsp3) is 0.167. The van der Waals surface area contributed by atoms with Crippen LogP contribution in [0, 0.1) is 23.2 Å². The highest BCUT2D eigenvalue weighted by atomic mass is 79.9. The summed E-state index contributed by atoms with van der Waals surface area (Å²) < 4.78 is 0. The van der Waals surface area contributed by atoms with Gasteiger partial charge in [0.15, 0.2) is 5.78 Å². The average Bonchev–Trinajstić information content (AvgIpc) is 2.27. The third kappa shape index (κ3) is 3.58. The number of rotatable bonds is 2. The van der Waals surface area contributed by atoms with E-state index in [0.717, 1.165) is 5.56 Å². The van der Waals surface area contributed by atoms with E-state index >= 15 is 0 Å². The lowest BCUT2D eigenvalue weighted by Crippen LogP contribution is -1.97. The summed E-state index contributed by atoms with van der Waals surface area (Å²) in [5.41, 5.74) is 1.33. The average molecular weight is 262 g/mol. The molecule has 0 saturated carbocycles. The maximum Gasteiger partial charge on any atom is 0.176 e. The van der Waals surface area contributed by atoms with Gasteiger partial charge < -0.3 is 0 Å². The normalized spacial score (nSPS) is 8.53. The van der Waals surface area contributed by atoms with E-state index < -0.39 is 0 Å². The maximum absolute atomic E-state index is 11.4. The van der Waals surface area contributed by atoms with Crippen LogP contribution in [0.2, 0.25) is 0 Å². The number of nitriles is 1. The van der Waals surface area contributed by atoms with E-state index in [9.17, 15) is 4.79 Å². The highest BCUT2D eigenvalue weighted by molar-refractivity contribution is 9.09. The molecule has 0 aromatic heterocycles. The Morgan fingerprint density at radius 2 is 2.27 bits per heavy atom. The summed E-state index contributed by atoms with van der Waals surface area (Å²) in [5.74, 6) is 5.59. The molecule has 0 radical (unpaired) electrons. The van der Waals surface area contributed by atoms with Crippen molar-refractivity contribution in [3.63, 3.8) is 0 Å². The molecule has 0 spiro atoms. The van der Waals surface area contributed by atoms with E-state index in [-0.39, 0.29) is 12.2 Å². The minimum atomic E-state index is -0.167. The second-order valence-electron chi connectivity index (χ2n) is 2.77. The molecule has 1 aromatic carbocycles. The molecule has 3 heteroatoms. The molecule has 0 amide bonds. The van der Waals surface area contributed by atoms with Crippen molar-refractivity contribution in [1.82, 2.24) is 0 Å². The van der Waals surface area contributed by atoms with Crippen LogP contribution in [0.5, 0.6) is 0 Å². The topological polar surface area (TPSA) is 40.9 Å². The minimum absolute atomic E-state index is 0.0880. The van der Waals surface area contributed by atoms with Crippen molar-refractivity contribution in [2.45, 2.75) is 6.42 Å². The summed E-state index contributed by atoms with van der Waals surface area (Å²) in [6, 6.07) is 8.83. The number of hydrogen-bond donors (Lipinski definition) is 0. The number of benzene rings is 1. The standard InChI is InChI=1S/C12H8BrNO/c13-7-2-4-10-3-1-5-11(9-10)12(15)6-8-14/h1,3,5,9H,6-7H2. The zero-order chi connectivity index (χ0) is 11.1. The van der Waals surface area contributed by atoms with Crippen molar-refractivity contribution in [3.05, 3.63) is 35.4 Å². The summed E-state index contributed by atoms with van der Waals surface area (Å²) in [6.07, 6.45) is -0.0880. The van der Waals surface area contributed by atoms with Crippen LogP contribution >= 0.6 is 15.9 Å². The molecule has 1 aromatic rings. The van der Waals surface area contributed by atoms with Gasteiger partial charge in [-0.05, 0) is 12.1 Å². The van der Waals surface area contributed by atoms with E-state index in [2.05, 4.69) is 27.8 Å². The van der Waals surface area contributed by atoms with E-state index in [0.29, 0.717) is 10.9 Å². The Morgan fingerprint density at radius 3 is 2.93 bits per heavy atom. The lowest BCUT2D eigenvalue weighted by Gasteiger charge is -1.96. The fourth-order valence-electron chi connectivity index (χ4n) is 1.08. The van der Waals surface area contributed by atoms with Gasteiger partial charge in [-0.15, -0.1) is 0 Å². The third-order valence-electron chi connectivity index (χ3n) is 1.72. The van der Waals surface area contributed by atoms with Crippen molar-refractivity contribution in [2.24, 2.45) is 0 Å². The number of hydrogen-bond acceptors (Lipinski definition) is 2. The summed E-state index contributed by atoms with van der Waals surface area (Å²) in [7, 11) is 0. The molecule has 0 N–H and O–H groups in total. The first-order chi connectivity index (χ1) is 7.27. The van der Waals surface area contributed by atoms with Gasteiger partial charge in [-0.3, -0.25) is 4.79 Å². The van der Waals surface area contributed by atoms with Gasteiger partial charge in [-0.25, -0.2) is 0 Å². The Hall–Kier alpha value is -1.58. The lowest BCUT2D eigenvalue weighted by molar-refractivity contribution is 0.0997. The first kappa shape index (κ1) is 11.5. The number of halogens is 1. The number of carbonyl (C=O) groups excluding carboxylic acids is 1. The molecule has 0 saturated heterocycles. The molecule has 0 aliphatic rings. The van der Waals surface area contributed by atoms with Gasteiger partial charge >= 0.3 is 0 Å². The van der Waals surface area contributed by atoms with Crippen LogP contribution in [0.1, 0.15) is 22.3 Å². The number of alkyl halides is 1. The van der Waals surface area contributed by atoms with Crippen LogP contribution in [0.3, 0.4) is 0 Å². The predicted octanol–water partition coefficient (Wildman–Crippen LogP) is 2.53. The van der Waals surface area contributed by atoms with Gasteiger partial charge in [-0.1, -0.05) is 39.9 Å². The summed E-state index contributed by atoms with van der Waals surface area (Å²) in [4.78, 5) is 11.4. The van der Waals surface area contributed by atoms with Crippen molar-refractivity contribution in [1.29, 1.82) is 5.26 Å². The number of ketones is 1. The van der Waals surface area contributed by atoms with Crippen LogP contribution in [-0.2, 0) is 0 Å². The Labute approximate surface area is 97.0 Å². The van der Waals surface area contributed by atoms with Gasteiger partial charge in [0.05, 0.1) is 17.8 Å². The molecule has 1 rings (SSSR count). The van der Waals surface area contributed by atoms with E-state index in [1.54, 1.807) is 18.2 Å². The molecule has 74 valence electrons. The van der Waals surface area contributed by atoms with Gasteiger partial charge in [0, 0.05) is 11.1 Å². The lowest BCUT2D eigenvalue weighted by atomic mass is 10.1. The number of Topliss-reactive ketones (excluding diaryl/α,β-unsaturated/α-hetero) is 1. The minimum Gasteiger partial charge on any atom is -0.293 e. The summed E-state index contributed by atoms with van der Waals surface area (Å²) in [5, 5.41) is 9.00. The second-order valence-corrected chi connectivity index (χ2v) is 3.34. The molecule has 15 heavy (non-hydrogen) atoms. The molecule has 0 aliphatic carbocycles. The Balaban J connectivity index is 2.93. The van der Waals surface area contributed by atoms with Gasteiger partial charge in [0.2, 0.25) is 0 Å². The van der Waals surface area contributed by atoms with Crippen molar-refractivity contribution in [3.8, 4) is 17.9 Å². The summed E-state index contributed by atoms with van der Waals surface area (Å²) >= 11 is 3.20. The molecular weight excluding hydrogens is 254 g/mol. The first-order valence-corrected chi connectivity index (χ1v) is 5.45. The molecule has 0 atom stereocenters. The van der Waals surface area contributed by atoms with E-state index in [1.807, 2.05) is 12.1 Å². The van der Waals surface area contributed by atoms with Crippen molar-refractivity contribution >= 4 is 21.7 Å². The van der Waals surface area contributed by atoms with Gasteiger partial charge in [0.25, 0.3) is 0 Å². The van der Waals surface area contributed by atoms with E-state index in [4.69, 9.17) is 5.26 Å². The third-order valence-corrected chi connectivity index (χ3v) is 2.00. The Morgan fingerprint density at radius 1 is 1.47 bits per heavy atom. The number of carbonyl (C=O) groups is 1. The second kappa shape index (κ2) is 6.01. The van der Waals surface area contributed by atoms with Gasteiger partial charge in [-0.2, -0.15) is 5.26 Å². The Bertz CT molecular complexity index is 462. The van der Waals surface area contributed by atoms with Gasteiger partial charge in [0.1, 0.15) is 0 Å².